The minimum atomic E-state index is -0.0128. The summed E-state index contributed by atoms with van der Waals surface area (Å²) in [6.07, 6.45) is 2.20. The normalized spacial score (nSPS) is 15.1. The lowest BCUT2D eigenvalue weighted by atomic mass is 9.86. The lowest BCUT2D eigenvalue weighted by Crippen LogP contribution is -2.40. The van der Waals surface area contributed by atoms with Crippen molar-refractivity contribution in [2.75, 3.05) is 13.6 Å². The van der Waals surface area contributed by atoms with E-state index in [-0.39, 0.29) is 5.41 Å². The van der Waals surface area contributed by atoms with E-state index in [9.17, 15) is 0 Å². The number of hydrogen-bond donors (Lipinski definition) is 1. The lowest BCUT2D eigenvalue weighted by molar-refractivity contribution is 0.136. The molecule has 17 heavy (non-hydrogen) atoms. The Morgan fingerprint density at radius 2 is 1.71 bits per heavy atom. The summed E-state index contributed by atoms with van der Waals surface area (Å²) < 4.78 is 0. The number of rotatable bonds is 6. The predicted molar refractivity (Wildman–Crippen MR) is 81.3 cm³/mol. The smallest absolute Gasteiger partial charge is 0.0784 e. The van der Waals surface area contributed by atoms with Crippen LogP contribution < -0.4 is 5.73 Å². The first kappa shape index (κ1) is 16.9. The Bertz CT molecular complexity index is 253. The van der Waals surface area contributed by atoms with Gasteiger partial charge in [-0.15, -0.1) is 0 Å². The zero-order valence-electron chi connectivity index (χ0n) is 12.6. The maximum Gasteiger partial charge on any atom is 0.0784 e. The van der Waals surface area contributed by atoms with E-state index in [1.165, 1.54) is 0 Å². The van der Waals surface area contributed by atoms with Crippen LogP contribution in [-0.4, -0.2) is 29.5 Å². The summed E-state index contributed by atoms with van der Waals surface area (Å²) >= 11 is 5.09. The monoisotopic (exact) mass is 258 g/mol. The van der Waals surface area contributed by atoms with Gasteiger partial charge in [-0.1, -0.05) is 46.8 Å². The maximum absolute atomic E-state index is 5.73. The van der Waals surface area contributed by atoms with E-state index in [0.717, 1.165) is 19.4 Å². The molecule has 102 valence electrons. The quantitative estimate of drug-likeness (QED) is 0.740. The molecule has 0 fully saturated rings. The second-order valence-electron chi connectivity index (χ2n) is 6.87. The summed E-state index contributed by atoms with van der Waals surface area (Å²) in [6, 6.07) is 0.579. The molecule has 0 aliphatic heterocycles. The first-order chi connectivity index (χ1) is 7.48. The number of hydrogen-bond acceptors (Lipinski definition) is 2. The van der Waals surface area contributed by atoms with Crippen molar-refractivity contribution in [2.24, 2.45) is 16.6 Å². The first-order valence-electron chi connectivity index (χ1n) is 6.48. The van der Waals surface area contributed by atoms with Crippen LogP contribution in [0.15, 0.2) is 0 Å². The minimum Gasteiger partial charge on any atom is -0.393 e. The Balaban J connectivity index is 4.11. The summed E-state index contributed by atoms with van der Waals surface area (Å²) in [4.78, 5) is 3.05. The fourth-order valence-electron chi connectivity index (χ4n) is 1.75. The summed E-state index contributed by atoms with van der Waals surface area (Å²) in [5.41, 5.74) is 6.05. The Hall–Kier alpha value is -0.150. The van der Waals surface area contributed by atoms with Crippen molar-refractivity contribution in [2.45, 2.75) is 60.4 Å². The van der Waals surface area contributed by atoms with Crippen LogP contribution in [0, 0.1) is 10.8 Å². The fraction of sp³-hybridized carbons (Fsp3) is 0.929. The molecule has 0 aromatic rings. The Kier molecular flexibility index (Phi) is 6.09. The van der Waals surface area contributed by atoms with Gasteiger partial charge in [-0.2, -0.15) is 0 Å². The van der Waals surface area contributed by atoms with Crippen molar-refractivity contribution in [1.29, 1.82) is 0 Å². The van der Waals surface area contributed by atoms with Gasteiger partial charge in [0.15, 0.2) is 0 Å². The van der Waals surface area contributed by atoms with Gasteiger partial charge in [0.1, 0.15) is 0 Å². The summed E-state index contributed by atoms with van der Waals surface area (Å²) in [7, 11) is 2.20. The molecule has 0 heterocycles. The number of thiocarbonyl (C=S) groups is 1. The van der Waals surface area contributed by atoms with Crippen LogP contribution in [0.5, 0.6) is 0 Å². The molecule has 0 rings (SSSR count). The lowest BCUT2D eigenvalue weighted by Gasteiger charge is -2.36. The molecule has 0 aliphatic carbocycles. The highest BCUT2D eigenvalue weighted by Gasteiger charge is 2.25. The molecule has 3 heteroatoms. The molecule has 0 amide bonds. The largest absolute Gasteiger partial charge is 0.393 e. The average Bonchev–Trinajstić information content (AvgIpc) is 2.14. The van der Waals surface area contributed by atoms with Gasteiger partial charge in [0, 0.05) is 11.5 Å². The number of nitrogens with zero attached hydrogens (tertiary/aromatic N) is 1. The zero-order chi connectivity index (χ0) is 13.9. The van der Waals surface area contributed by atoms with E-state index in [4.69, 9.17) is 18.0 Å². The van der Waals surface area contributed by atoms with E-state index in [2.05, 4.69) is 53.5 Å². The molecular weight excluding hydrogens is 228 g/mol. The standard InChI is InChI=1S/C14H30N2S/c1-11(13(2,3)4)16(7)10-8-9-14(5,6)12(15)17/h11H,8-10H2,1-7H3,(H2,15,17). The van der Waals surface area contributed by atoms with E-state index in [0.29, 0.717) is 16.4 Å². The molecule has 0 spiro atoms. The highest BCUT2D eigenvalue weighted by Crippen LogP contribution is 2.25. The van der Waals surface area contributed by atoms with Gasteiger partial charge >= 0.3 is 0 Å². The van der Waals surface area contributed by atoms with Crippen LogP contribution in [0.3, 0.4) is 0 Å². The van der Waals surface area contributed by atoms with Crippen molar-refractivity contribution in [3.63, 3.8) is 0 Å². The maximum atomic E-state index is 5.73. The second-order valence-corrected chi connectivity index (χ2v) is 7.31. The van der Waals surface area contributed by atoms with Crippen LogP contribution in [0.1, 0.15) is 54.4 Å². The molecule has 0 aliphatic rings. The van der Waals surface area contributed by atoms with Crippen molar-refractivity contribution in [3.8, 4) is 0 Å². The van der Waals surface area contributed by atoms with Gasteiger partial charge in [-0.3, -0.25) is 0 Å². The molecule has 0 saturated heterocycles. The van der Waals surface area contributed by atoms with Crippen LogP contribution in [0.2, 0.25) is 0 Å². The van der Waals surface area contributed by atoms with E-state index in [1.807, 2.05) is 0 Å². The van der Waals surface area contributed by atoms with Crippen molar-refractivity contribution < 1.29 is 0 Å². The third kappa shape index (κ3) is 5.82. The number of nitrogens with two attached hydrogens (primary N) is 1. The molecule has 1 atom stereocenters. The van der Waals surface area contributed by atoms with Crippen molar-refractivity contribution in [3.05, 3.63) is 0 Å². The van der Waals surface area contributed by atoms with Gasteiger partial charge < -0.3 is 10.6 Å². The van der Waals surface area contributed by atoms with Crippen LogP contribution in [0.25, 0.3) is 0 Å². The summed E-state index contributed by atoms with van der Waals surface area (Å²) in [5.74, 6) is 0. The van der Waals surface area contributed by atoms with Crippen LogP contribution in [-0.2, 0) is 0 Å². The Morgan fingerprint density at radius 3 is 2.06 bits per heavy atom. The average molecular weight is 258 g/mol. The van der Waals surface area contributed by atoms with E-state index in [1.54, 1.807) is 0 Å². The van der Waals surface area contributed by atoms with Gasteiger partial charge in [0.05, 0.1) is 4.99 Å². The molecule has 0 bridgehead atoms. The SMILES string of the molecule is CC(N(C)CCCC(C)(C)C(N)=S)C(C)(C)C. The van der Waals surface area contributed by atoms with E-state index >= 15 is 0 Å². The second kappa shape index (κ2) is 6.14. The third-order valence-electron chi connectivity index (χ3n) is 3.89. The van der Waals surface area contributed by atoms with Crippen molar-refractivity contribution >= 4 is 17.2 Å². The first-order valence-corrected chi connectivity index (χ1v) is 6.89. The molecule has 0 radical (unpaired) electrons. The fourth-order valence-corrected chi connectivity index (χ4v) is 1.85. The Labute approximate surface area is 113 Å². The summed E-state index contributed by atoms with van der Waals surface area (Å²) in [5, 5.41) is 0. The van der Waals surface area contributed by atoms with Gasteiger partial charge in [-0.25, -0.2) is 0 Å². The van der Waals surface area contributed by atoms with Crippen molar-refractivity contribution in [1.82, 2.24) is 4.90 Å². The summed E-state index contributed by atoms with van der Waals surface area (Å²) in [6.45, 7) is 14.5. The van der Waals surface area contributed by atoms with Gasteiger partial charge in [-0.05, 0) is 38.8 Å². The van der Waals surface area contributed by atoms with Gasteiger partial charge in [0.2, 0.25) is 0 Å². The molecule has 2 N–H and O–H groups in total. The zero-order valence-corrected chi connectivity index (χ0v) is 13.4. The topological polar surface area (TPSA) is 29.3 Å². The third-order valence-corrected chi connectivity index (χ3v) is 4.45. The molecule has 1 unspecified atom stereocenters. The molecule has 2 nitrogen and oxygen atoms in total. The molecular formula is C14H30N2S. The van der Waals surface area contributed by atoms with Crippen LogP contribution >= 0.6 is 12.2 Å². The molecule has 0 aromatic carbocycles. The molecule has 0 aromatic heterocycles. The molecule has 0 saturated carbocycles. The van der Waals surface area contributed by atoms with Gasteiger partial charge in [0.25, 0.3) is 0 Å². The highest BCUT2D eigenvalue weighted by molar-refractivity contribution is 7.80. The van der Waals surface area contributed by atoms with E-state index < -0.39 is 0 Å². The minimum absolute atomic E-state index is 0.0128. The Morgan fingerprint density at radius 1 is 1.24 bits per heavy atom. The van der Waals surface area contributed by atoms with Crippen LogP contribution in [0.4, 0.5) is 0 Å². The highest BCUT2D eigenvalue weighted by atomic mass is 32.1. The predicted octanol–water partition coefficient (Wildman–Crippen LogP) is 3.45.